The van der Waals surface area contributed by atoms with Crippen LogP contribution in [0.4, 0.5) is 9.18 Å². The lowest BCUT2D eigenvalue weighted by Gasteiger charge is -2.32. The number of amides is 1. The molecule has 0 aromatic heterocycles. The van der Waals surface area contributed by atoms with E-state index in [0.717, 1.165) is 31.8 Å². The first-order chi connectivity index (χ1) is 13.6. The first-order valence-corrected chi connectivity index (χ1v) is 9.97. The zero-order valence-corrected chi connectivity index (χ0v) is 16.7. The van der Waals surface area contributed by atoms with Gasteiger partial charge in [0.05, 0.1) is 13.2 Å². The van der Waals surface area contributed by atoms with Crippen LogP contribution in [0, 0.1) is 5.82 Å². The number of nitrogens with zero attached hydrogens (tertiary/aromatic N) is 2. The first-order valence-electron chi connectivity index (χ1n) is 9.97. The van der Waals surface area contributed by atoms with Gasteiger partial charge in [-0.05, 0) is 51.0 Å². The number of nitrogens with one attached hydrogen (secondary N) is 2. The molecular formula is C20H31FN4O3. The zero-order valence-electron chi connectivity index (χ0n) is 16.7. The summed E-state index contributed by atoms with van der Waals surface area (Å²) in [6.07, 6.45) is 2.24. The number of guanidine groups is 1. The molecule has 2 N–H and O–H groups in total. The van der Waals surface area contributed by atoms with Crippen LogP contribution in [0.2, 0.25) is 0 Å². The van der Waals surface area contributed by atoms with Gasteiger partial charge in [0.15, 0.2) is 5.96 Å². The Morgan fingerprint density at radius 2 is 1.96 bits per heavy atom. The van der Waals surface area contributed by atoms with Gasteiger partial charge in [-0.15, -0.1) is 0 Å². The van der Waals surface area contributed by atoms with Crippen molar-refractivity contribution in [1.29, 1.82) is 0 Å². The highest BCUT2D eigenvalue weighted by atomic mass is 19.1. The van der Waals surface area contributed by atoms with Crippen LogP contribution in [0.1, 0.15) is 33.1 Å². The van der Waals surface area contributed by atoms with Gasteiger partial charge in [0.2, 0.25) is 0 Å². The third-order valence-corrected chi connectivity index (χ3v) is 4.36. The van der Waals surface area contributed by atoms with Crippen molar-refractivity contribution in [2.45, 2.75) is 39.2 Å². The van der Waals surface area contributed by atoms with E-state index in [4.69, 9.17) is 9.47 Å². The minimum absolute atomic E-state index is 0.234. The average Bonchev–Trinajstić information content (AvgIpc) is 2.70. The number of hydrogen-bond donors (Lipinski definition) is 2. The van der Waals surface area contributed by atoms with Gasteiger partial charge in [-0.25, -0.2) is 9.18 Å². The fourth-order valence-electron chi connectivity index (χ4n) is 2.91. The van der Waals surface area contributed by atoms with Gasteiger partial charge in [-0.2, -0.15) is 0 Å². The monoisotopic (exact) mass is 394 g/mol. The fourth-order valence-corrected chi connectivity index (χ4v) is 2.91. The zero-order chi connectivity index (χ0) is 20.2. The molecular weight excluding hydrogens is 363 g/mol. The maximum Gasteiger partial charge on any atom is 0.409 e. The van der Waals surface area contributed by atoms with Crippen molar-refractivity contribution >= 4 is 12.1 Å². The van der Waals surface area contributed by atoms with E-state index in [1.54, 1.807) is 17.0 Å². The standard InChI is InChI=1S/C20H31FN4O3/c1-3-22-19(23-12-5-15-28-18-8-6-16(21)7-9-18)24-17-10-13-25(14-11-17)20(26)27-4-2/h6-9,17H,3-5,10-15H2,1-2H3,(H2,22,23,24). The van der Waals surface area contributed by atoms with Crippen LogP contribution in [0.3, 0.4) is 0 Å². The molecule has 1 aromatic carbocycles. The molecule has 0 aliphatic carbocycles. The molecule has 1 aliphatic heterocycles. The summed E-state index contributed by atoms with van der Waals surface area (Å²) in [5.41, 5.74) is 0. The van der Waals surface area contributed by atoms with Crippen LogP contribution < -0.4 is 15.4 Å². The molecule has 0 unspecified atom stereocenters. The van der Waals surface area contributed by atoms with Gasteiger partial charge < -0.3 is 25.0 Å². The molecule has 1 amide bonds. The Kier molecular flexibility index (Phi) is 9.37. The summed E-state index contributed by atoms with van der Waals surface area (Å²) in [5, 5.41) is 6.69. The molecule has 8 heteroatoms. The number of aliphatic imine (C=N–C) groups is 1. The second-order valence-electron chi connectivity index (χ2n) is 6.52. The summed E-state index contributed by atoms with van der Waals surface area (Å²) >= 11 is 0. The van der Waals surface area contributed by atoms with Crippen LogP contribution in [0.15, 0.2) is 29.3 Å². The normalized spacial score (nSPS) is 15.2. The van der Waals surface area contributed by atoms with Gasteiger partial charge >= 0.3 is 6.09 Å². The lowest BCUT2D eigenvalue weighted by molar-refractivity contribution is 0.0963. The highest BCUT2D eigenvalue weighted by Gasteiger charge is 2.23. The lowest BCUT2D eigenvalue weighted by atomic mass is 10.1. The maximum absolute atomic E-state index is 12.9. The average molecular weight is 394 g/mol. The molecule has 2 rings (SSSR count). The molecule has 0 saturated carbocycles. The molecule has 1 aromatic rings. The third kappa shape index (κ3) is 7.62. The molecule has 28 heavy (non-hydrogen) atoms. The van der Waals surface area contributed by atoms with Crippen molar-refractivity contribution in [3.8, 4) is 5.75 Å². The van der Waals surface area contributed by atoms with Crippen LogP contribution in [-0.2, 0) is 4.74 Å². The largest absolute Gasteiger partial charge is 0.494 e. The van der Waals surface area contributed by atoms with Crippen molar-refractivity contribution in [3.63, 3.8) is 0 Å². The lowest BCUT2D eigenvalue weighted by Crippen LogP contribution is -2.49. The Morgan fingerprint density at radius 3 is 2.61 bits per heavy atom. The molecule has 1 heterocycles. The quantitative estimate of drug-likeness (QED) is 0.403. The minimum atomic E-state index is -0.272. The Labute approximate surface area is 166 Å². The number of rotatable bonds is 8. The maximum atomic E-state index is 12.9. The van der Waals surface area contributed by atoms with Gasteiger partial charge in [0.1, 0.15) is 11.6 Å². The van der Waals surface area contributed by atoms with E-state index >= 15 is 0 Å². The highest BCUT2D eigenvalue weighted by Crippen LogP contribution is 2.12. The number of ether oxygens (including phenoxy) is 2. The van der Waals surface area contributed by atoms with Crippen molar-refractivity contribution in [1.82, 2.24) is 15.5 Å². The summed E-state index contributed by atoms with van der Waals surface area (Å²) in [6.45, 7) is 7.53. The molecule has 1 aliphatic rings. The van der Waals surface area contributed by atoms with E-state index in [9.17, 15) is 9.18 Å². The summed E-state index contributed by atoms with van der Waals surface area (Å²) < 4.78 is 23.5. The molecule has 7 nitrogen and oxygen atoms in total. The van der Waals surface area contributed by atoms with Crippen molar-refractivity contribution in [2.75, 3.05) is 39.4 Å². The van der Waals surface area contributed by atoms with E-state index in [1.165, 1.54) is 12.1 Å². The van der Waals surface area contributed by atoms with Crippen LogP contribution in [-0.4, -0.2) is 62.4 Å². The SMILES string of the molecule is CCNC(=NCCCOc1ccc(F)cc1)NC1CCN(C(=O)OCC)CC1. The Hall–Kier alpha value is -2.51. The molecule has 0 spiro atoms. The van der Waals surface area contributed by atoms with Crippen molar-refractivity contribution < 1.29 is 18.7 Å². The summed E-state index contributed by atoms with van der Waals surface area (Å²) in [7, 11) is 0. The number of benzene rings is 1. The molecule has 0 radical (unpaired) electrons. The summed E-state index contributed by atoms with van der Waals surface area (Å²) in [6, 6.07) is 6.28. The Bertz CT molecular complexity index is 616. The smallest absolute Gasteiger partial charge is 0.409 e. The molecule has 0 bridgehead atoms. The van der Waals surface area contributed by atoms with E-state index < -0.39 is 0 Å². The molecule has 156 valence electrons. The Balaban J connectivity index is 1.70. The predicted octanol–water partition coefficient (Wildman–Crippen LogP) is 2.77. The fraction of sp³-hybridized carbons (Fsp3) is 0.600. The number of carbonyl (C=O) groups excluding carboxylic acids is 1. The van der Waals surface area contributed by atoms with Crippen LogP contribution in [0.5, 0.6) is 5.75 Å². The van der Waals surface area contributed by atoms with Gasteiger partial charge in [-0.1, -0.05) is 0 Å². The van der Waals surface area contributed by atoms with E-state index in [1.807, 2.05) is 13.8 Å². The predicted molar refractivity (Wildman–Crippen MR) is 107 cm³/mol. The molecule has 1 fully saturated rings. The Morgan fingerprint density at radius 1 is 1.25 bits per heavy atom. The van der Waals surface area contributed by atoms with Crippen molar-refractivity contribution in [2.24, 2.45) is 4.99 Å². The highest BCUT2D eigenvalue weighted by molar-refractivity contribution is 5.80. The summed E-state index contributed by atoms with van der Waals surface area (Å²) in [5.74, 6) is 1.16. The number of piperidine rings is 1. The van der Waals surface area contributed by atoms with Gasteiger partial charge in [0.25, 0.3) is 0 Å². The molecule has 1 saturated heterocycles. The van der Waals surface area contributed by atoms with Gasteiger partial charge in [0, 0.05) is 38.6 Å². The number of halogens is 1. The third-order valence-electron chi connectivity index (χ3n) is 4.36. The van der Waals surface area contributed by atoms with Crippen molar-refractivity contribution in [3.05, 3.63) is 30.1 Å². The minimum Gasteiger partial charge on any atom is -0.494 e. The van der Waals surface area contributed by atoms with Crippen LogP contribution >= 0.6 is 0 Å². The summed E-state index contributed by atoms with van der Waals surface area (Å²) in [4.78, 5) is 18.1. The van der Waals surface area contributed by atoms with E-state index in [0.29, 0.717) is 38.6 Å². The topological polar surface area (TPSA) is 75.2 Å². The number of hydrogen-bond acceptors (Lipinski definition) is 4. The van der Waals surface area contributed by atoms with Crippen LogP contribution in [0.25, 0.3) is 0 Å². The van der Waals surface area contributed by atoms with E-state index in [2.05, 4.69) is 15.6 Å². The van der Waals surface area contributed by atoms with Gasteiger partial charge in [-0.3, -0.25) is 4.99 Å². The molecule has 0 atom stereocenters. The number of carbonyl (C=O) groups is 1. The second kappa shape index (κ2) is 12.0. The second-order valence-corrected chi connectivity index (χ2v) is 6.52. The van der Waals surface area contributed by atoms with E-state index in [-0.39, 0.29) is 18.0 Å². The number of likely N-dealkylation sites (tertiary alicyclic amines) is 1. The first kappa shape index (κ1) is 21.8.